The number of fused-ring (bicyclic) bond motifs is 1. The van der Waals surface area contributed by atoms with E-state index in [1.807, 2.05) is 29.1 Å². The number of hydrogen-bond acceptors (Lipinski definition) is 2. The van der Waals surface area contributed by atoms with Crippen LogP contribution in [0.1, 0.15) is 5.56 Å². The van der Waals surface area contributed by atoms with Crippen molar-refractivity contribution in [3.63, 3.8) is 0 Å². The minimum atomic E-state index is 0.440. The van der Waals surface area contributed by atoms with Crippen molar-refractivity contribution in [1.29, 1.82) is 0 Å². The molecule has 5 heteroatoms. The van der Waals surface area contributed by atoms with Crippen LogP contribution in [0.3, 0.4) is 0 Å². The van der Waals surface area contributed by atoms with Gasteiger partial charge in [0.05, 0.1) is 6.54 Å². The Morgan fingerprint density at radius 3 is 2.79 bits per heavy atom. The molecule has 3 aromatic rings. The molecule has 0 atom stereocenters. The Kier molecular flexibility index (Phi) is 3.05. The molecule has 0 aliphatic heterocycles. The molecule has 0 radical (unpaired) electrons. The molecule has 1 aromatic carbocycles. The second-order valence-corrected chi connectivity index (χ2v) is 4.82. The summed E-state index contributed by atoms with van der Waals surface area (Å²) in [6.07, 6.45) is 5.82. The molecule has 0 aliphatic carbocycles. The number of hydrogen-bond donors (Lipinski definition) is 1. The quantitative estimate of drug-likeness (QED) is 0.739. The fourth-order valence-corrected chi connectivity index (χ4v) is 2.45. The number of nitrogens with zero attached hydrogens (tertiary/aromatic N) is 3. The lowest BCUT2D eigenvalue weighted by atomic mass is 10.1. The summed E-state index contributed by atoms with van der Waals surface area (Å²) < 4.78 is 4.11. The van der Waals surface area contributed by atoms with Gasteiger partial charge in [0.25, 0.3) is 0 Å². The van der Waals surface area contributed by atoms with E-state index in [9.17, 15) is 0 Å². The van der Waals surface area contributed by atoms with Crippen molar-refractivity contribution in [2.45, 2.75) is 13.1 Å². The molecular weight excluding hydrogens is 256 g/mol. The molecule has 0 saturated carbocycles. The van der Waals surface area contributed by atoms with E-state index in [1.54, 1.807) is 6.20 Å². The Balaban J connectivity index is 1.92. The molecule has 0 amide bonds. The number of benzene rings is 1. The van der Waals surface area contributed by atoms with Gasteiger partial charge in [-0.2, -0.15) is 5.10 Å². The van der Waals surface area contributed by atoms with E-state index in [1.165, 1.54) is 0 Å². The fourth-order valence-electron chi connectivity index (χ4n) is 2.28. The average Bonchev–Trinajstić information content (AvgIpc) is 3.05. The predicted molar refractivity (Wildman–Crippen MR) is 80.1 cm³/mol. The summed E-state index contributed by atoms with van der Waals surface area (Å²) in [5.41, 5.74) is 7.83. The summed E-state index contributed by atoms with van der Waals surface area (Å²) in [6, 6.07) is 10.0. The van der Waals surface area contributed by atoms with Crippen LogP contribution >= 0.6 is 12.2 Å². The number of nitrogens with two attached hydrogens (primary N) is 1. The summed E-state index contributed by atoms with van der Waals surface area (Å²) >= 11 is 5.08. The maximum atomic E-state index is 5.75. The summed E-state index contributed by atoms with van der Waals surface area (Å²) in [6.45, 7) is 1.71. The third kappa shape index (κ3) is 2.24. The first-order valence-corrected chi connectivity index (χ1v) is 6.51. The van der Waals surface area contributed by atoms with Gasteiger partial charge in [-0.1, -0.05) is 24.4 Å². The van der Waals surface area contributed by atoms with Crippen molar-refractivity contribution in [1.82, 2.24) is 14.3 Å². The van der Waals surface area contributed by atoms with Gasteiger partial charge in [-0.15, -0.1) is 0 Å². The van der Waals surface area contributed by atoms with Gasteiger partial charge in [0.15, 0.2) is 0 Å². The molecule has 2 N–H and O–H groups in total. The van der Waals surface area contributed by atoms with E-state index in [0.29, 0.717) is 4.99 Å². The van der Waals surface area contributed by atoms with Crippen LogP contribution in [0, 0.1) is 0 Å². The Morgan fingerprint density at radius 2 is 2.05 bits per heavy atom. The summed E-state index contributed by atoms with van der Waals surface area (Å²) in [5.74, 6) is 0. The van der Waals surface area contributed by atoms with E-state index < -0.39 is 0 Å². The molecule has 0 aliphatic rings. The van der Waals surface area contributed by atoms with Gasteiger partial charge < -0.3 is 10.3 Å². The van der Waals surface area contributed by atoms with Gasteiger partial charge in [-0.05, 0) is 18.2 Å². The minimum absolute atomic E-state index is 0.440. The van der Waals surface area contributed by atoms with Gasteiger partial charge in [0.2, 0.25) is 0 Å². The molecule has 3 rings (SSSR count). The highest BCUT2D eigenvalue weighted by molar-refractivity contribution is 7.80. The lowest BCUT2D eigenvalue weighted by Gasteiger charge is -2.07. The van der Waals surface area contributed by atoms with Crippen LogP contribution in [0.4, 0.5) is 0 Å². The Morgan fingerprint density at radius 1 is 1.16 bits per heavy atom. The third-order valence-electron chi connectivity index (χ3n) is 3.21. The molecule has 0 saturated heterocycles. The maximum absolute atomic E-state index is 5.75. The number of aryl methyl sites for hydroxylation is 2. The smallest absolute Gasteiger partial charge is 0.104 e. The highest BCUT2D eigenvalue weighted by Gasteiger charge is 2.07. The molecule has 0 spiro atoms. The van der Waals surface area contributed by atoms with Crippen molar-refractivity contribution >= 4 is 28.1 Å². The van der Waals surface area contributed by atoms with Gasteiger partial charge in [0.1, 0.15) is 4.99 Å². The average molecular weight is 270 g/mol. The lowest BCUT2D eigenvalue weighted by molar-refractivity contribution is 0.543. The molecule has 0 fully saturated rings. The maximum Gasteiger partial charge on any atom is 0.104 e. The van der Waals surface area contributed by atoms with E-state index in [2.05, 4.69) is 28.0 Å². The van der Waals surface area contributed by atoms with Crippen LogP contribution in [0.5, 0.6) is 0 Å². The van der Waals surface area contributed by atoms with Gasteiger partial charge in [-0.25, -0.2) is 0 Å². The highest BCUT2D eigenvalue weighted by atomic mass is 32.1. The highest BCUT2D eigenvalue weighted by Crippen LogP contribution is 2.20. The zero-order valence-electron chi connectivity index (χ0n) is 10.4. The number of aromatic nitrogens is 3. The summed E-state index contributed by atoms with van der Waals surface area (Å²) in [5, 5.41) is 5.31. The van der Waals surface area contributed by atoms with Crippen molar-refractivity contribution < 1.29 is 0 Å². The molecule has 4 nitrogen and oxygen atoms in total. The summed E-state index contributed by atoms with van der Waals surface area (Å²) in [7, 11) is 0. The number of rotatable bonds is 4. The number of thiocarbonyl (C=S) groups is 1. The molecule has 0 bridgehead atoms. The van der Waals surface area contributed by atoms with Gasteiger partial charge in [0, 0.05) is 41.6 Å². The molecule has 0 unspecified atom stereocenters. The summed E-state index contributed by atoms with van der Waals surface area (Å²) in [4.78, 5) is 0.440. The monoisotopic (exact) mass is 270 g/mol. The Bertz CT molecular complexity index is 712. The standard InChI is InChI=1S/C14H14N4S/c15-14(19)12-3-1-4-13-11(12)5-8-17(13)9-10-18-7-2-6-16-18/h1-8H,9-10H2,(H2,15,19). The van der Waals surface area contributed by atoms with Crippen molar-refractivity contribution in [2.24, 2.45) is 5.73 Å². The van der Waals surface area contributed by atoms with E-state index in [4.69, 9.17) is 18.0 Å². The first kappa shape index (κ1) is 11.9. The van der Waals surface area contributed by atoms with Crippen LogP contribution in [-0.2, 0) is 13.1 Å². The van der Waals surface area contributed by atoms with Crippen molar-refractivity contribution in [2.75, 3.05) is 0 Å². The van der Waals surface area contributed by atoms with Crippen molar-refractivity contribution in [3.05, 3.63) is 54.5 Å². The zero-order valence-corrected chi connectivity index (χ0v) is 11.2. The Hall–Kier alpha value is -2.14. The normalized spacial score (nSPS) is 10.9. The Labute approximate surface area is 116 Å². The molecule has 2 aromatic heterocycles. The largest absolute Gasteiger partial charge is 0.389 e. The minimum Gasteiger partial charge on any atom is -0.389 e. The van der Waals surface area contributed by atoms with Gasteiger partial charge >= 0.3 is 0 Å². The van der Waals surface area contributed by atoms with Crippen LogP contribution in [0.15, 0.2) is 48.9 Å². The second-order valence-electron chi connectivity index (χ2n) is 4.38. The lowest BCUT2D eigenvalue weighted by Crippen LogP contribution is -2.10. The predicted octanol–water partition coefficient (Wildman–Crippen LogP) is 2.17. The van der Waals surface area contributed by atoms with Crippen LogP contribution < -0.4 is 5.73 Å². The zero-order chi connectivity index (χ0) is 13.2. The first-order chi connectivity index (χ1) is 9.25. The molecule has 19 heavy (non-hydrogen) atoms. The van der Waals surface area contributed by atoms with Crippen LogP contribution in [-0.4, -0.2) is 19.3 Å². The van der Waals surface area contributed by atoms with E-state index in [-0.39, 0.29) is 0 Å². The van der Waals surface area contributed by atoms with E-state index in [0.717, 1.165) is 29.6 Å². The fraction of sp³-hybridized carbons (Fsp3) is 0.143. The third-order valence-corrected chi connectivity index (χ3v) is 3.43. The first-order valence-electron chi connectivity index (χ1n) is 6.11. The van der Waals surface area contributed by atoms with Crippen LogP contribution in [0.2, 0.25) is 0 Å². The SMILES string of the molecule is NC(=S)c1cccc2c1ccn2CCn1cccn1. The molecule has 2 heterocycles. The van der Waals surface area contributed by atoms with Gasteiger partial charge in [-0.3, -0.25) is 4.68 Å². The molecular formula is C14H14N4S. The topological polar surface area (TPSA) is 48.8 Å². The van der Waals surface area contributed by atoms with Crippen LogP contribution in [0.25, 0.3) is 10.9 Å². The second kappa shape index (κ2) is 4.85. The van der Waals surface area contributed by atoms with E-state index >= 15 is 0 Å². The molecule has 96 valence electrons. The van der Waals surface area contributed by atoms with Crippen molar-refractivity contribution in [3.8, 4) is 0 Å².